The number of hydrogen-bond donors (Lipinski definition) is 4. The third kappa shape index (κ3) is 10.6. The van der Waals surface area contributed by atoms with E-state index >= 15 is 0 Å². The zero-order valence-corrected chi connectivity index (χ0v) is 31.9. The van der Waals surface area contributed by atoms with E-state index in [1.165, 1.54) is 24.3 Å². The Balaban J connectivity index is 1.71. The molecule has 55 heavy (non-hydrogen) atoms. The lowest BCUT2D eigenvalue weighted by molar-refractivity contribution is -0.148. The number of benzene rings is 3. The SMILES string of the molecule is CC(C)(C)OC(=O)NCc1cccc(-n2nc(C(F)(F)F)cc2C(=O)Nc2cccc(C(C)(C)[C@](Cc3ccccc3)(NC(=O)OC(C)(C)C)C(=O)O)c2)c1. The third-order valence-corrected chi connectivity index (χ3v) is 8.52. The Morgan fingerprint density at radius 1 is 0.745 bits per heavy atom. The Bertz CT molecular complexity index is 2030. The van der Waals surface area contributed by atoms with Crippen LogP contribution < -0.4 is 16.0 Å². The van der Waals surface area contributed by atoms with Crippen molar-refractivity contribution >= 4 is 29.8 Å². The zero-order valence-electron chi connectivity index (χ0n) is 31.9. The van der Waals surface area contributed by atoms with Crippen LogP contribution in [0.5, 0.6) is 0 Å². The van der Waals surface area contributed by atoms with Crippen molar-refractivity contribution in [2.75, 3.05) is 5.32 Å². The molecule has 0 bridgehead atoms. The summed E-state index contributed by atoms with van der Waals surface area (Å²) >= 11 is 0. The lowest BCUT2D eigenvalue weighted by Gasteiger charge is -2.44. The van der Waals surface area contributed by atoms with Crippen LogP contribution >= 0.6 is 0 Å². The molecular formula is C40H46F3N5O7. The third-order valence-electron chi connectivity index (χ3n) is 8.52. The highest BCUT2D eigenvalue weighted by atomic mass is 19.4. The molecule has 0 saturated carbocycles. The second-order valence-corrected chi connectivity index (χ2v) is 15.5. The number of carboxylic acids is 1. The molecule has 3 aromatic carbocycles. The minimum absolute atomic E-state index is 0.0227. The fourth-order valence-corrected chi connectivity index (χ4v) is 5.79. The Morgan fingerprint density at radius 3 is 1.95 bits per heavy atom. The van der Waals surface area contributed by atoms with Gasteiger partial charge in [-0.25, -0.2) is 19.1 Å². The summed E-state index contributed by atoms with van der Waals surface area (Å²) in [5.41, 5.74) is -5.14. The molecule has 1 heterocycles. The minimum Gasteiger partial charge on any atom is -0.479 e. The van der Waals surface area contributed by atoms with Crippen molar-refractivity contribution in [3.63, 3.8) is 0 Å². The number of alkyl carbamates (subject to hydrolysis) is 2. The van der Waals surface area contributed by atoms with Gasteiger partial charge in [-0.15, -0.1) is 0 Å². The molecule has 0 radical (unpaired) electrons. The first-order valence-corrected chi connectivity index (χ1v) is 17.3. The average molecular weight is 766 g/mol. The maximum absolute atomic E-state index is 14.0. The molecule has 294 valence electrons. The molecule has 0 spiro atoms. The number of carboxylic acid groups (broad SMARTS) is 1. The summed E-state index contributed by atoms with van der Waals surface area (Å²) in [7, 11) is 0. The van der Waals surface area contributed by atoms with Crippen molar-refractivity contribution in [2.45, 2.75) is 96.7 Å². The van der Waals surface area contributed by atoms with Crippen molar-refractivity contribution in [1.29, 1.82) is 0 Å². The van der Waals surface area contributed by atoms with E-state index in [0.29, 0.717) is 22.8 Å². The summed E-state index contributed by atoms with van der Waals surface area (Å²) in [6, 6.07) is 21.6. The normalized spacial score (nSPS) is 13.3. The van der Waals surface area contributed by atoms with Crippen LogP contribution in [-0.4, -0.2) is 55.7 Å². The molecule has 0 fully saturated rings. The monoisotopic (exact) mass is 765 g/mol. The Kier molecular flexibility index (Phi) is 12.1. The molecule has 3 amide bonds. The topological polar surface area (TPSA) is 161 Å². The molecule has 4 aromatic rings. The largest absolute Gasteiger partial charge is 0.479 e. The first kappa shape index (κ1) is 41.9. The van der Waals surface area contributed by atoms with Crippen molar-refractivity contribution in [2.24, 2.45) is 0 Å². The number of aliphatic carboxylic acids is 1. The summed E-state index contributed by atoms with van der Waals surface area (Å²) in [4.78, 5) is 52.5. The highest BCUT2D eigenvalue weighted by Crippen LogP contribution is 2.40. The van der Waals surface area contributed by atoms with Crippen LogP contribution in [0.3, 0.4) is 0 Å². The fraction of sp³-hybridized carbons (Fsp3) is 0.375. The number of amides is 3. The van der Waals surface area contributed by atoms with Crippen LogP contribution in [0.1, 0.15) is 88.3 Å². The number of hydrogen-bond acceptors (Lipinski definition) is 7. The first-order valence-electron chi connectivity index (χ1n) is 17.3. The second kappa shape index (κ2) is 15.9. The van der Waals surface area contributed by atoms with Crippen LogP contribution in [0.25, 0.3) is 5.69 Å². The van der Waals surface area contributed by atoms with Crippen LogP contribution in [-0.2, 0) is 38.8 Å². The van der Waals surface area contributed by atoms with Gasteiger partial charge in [0.05, 0.1) is 5.69 Å². The molecule has 4 N–H and O–H groups in total. The van der Waals surface area contributed by atoms with E-state index < -0.39 is 63.8 Å². The van der Waals surface area contributed by atoms with Crippen molar-refractivity contribution < 1.29 is 46.9 Å². The van der Waals surface area contributed by atoms with E-state index in [4.69, 9.17) is 9.47 Å². The van der Waals surface area contributed by atoms with E-state index in [0.717, 1.165) is 4.68 Å². The van der Waals surface area contributed by atoms with Crippen LogP contribution in [0.2, 0.25) is 0 Å². The molecule has 15 heteroatoms. The minimum atomic E-state index is -4.89. The van der Waals surface area contributed by atoms with E-state index in [9.17, 15) is 37.5 Å². The van der Waals surface area contributed by atoms with Gasteiger partial charge in [-0.2, -0.15) is 18.3 Å². The van der Waals surface area contributed by atoms with E-state index in [1.807, 2.05) is 0 Å². The number of ether oxygens (including phenoxy) is 2. The molecule has 0 aliphatic rings. The van der Waals surface area contributed by atoms with Crippen LogP contribution in [0.15, 0.2) is 84.9 Å². The standard InChI is InChI=1S/C40H46F3N5O7/c1-36(2,3)54-34(52)44-24-26-16-12-19-29(20-26)48-30(22-31(47-48)40(41,42)43)32(49)45-28-18-13-17-27(21-28)38(7,8)39(33(50)51,23-25-14-10-9-11-15-25)46-35(53)55-37(4,5)6/h9-22H,23-24H2,1-8H3,(H,44,52)(H,45,49)(H,46,53)(H,50,51)/t39-/m1/s1. The van der Waals surface area contributed by atoms with Gasteiger partial charge in [-0.3, -0.25) is 4.79 Å². The van der Waals surface area contributed by atoms with Gasteiger partial charge in [0.25, 0.3) is 5.91 Å². The summed E-state index contributed by atoms with van der Waals surface area (Å²) < 4.78 is 53.4. The number of halogens is 3. The quantitative estimate of drug-likeness (QED) is 0.119. The molecular weight excluding hydrogens is 719 g/mol. The summed E-state index contributed by atoms with van der Waals surface area (Å²) in [5, 5.41) is 22.4. The summed E-state index contributed by atoms with van der Waals surface area (Å²) in [6.45, 7) is 13.3. The summed E-state index contributed by atoms with van der Waals surface area (Å²) in [5.74, 6) is -2.30. The van der Waals surface area contributed by atoms with Gasteiger partial charge in [-0.05, 0) is 82.5 Å². The predicted molar refractivity (Wildman–Crippen MR) is 199 cm³/mol. The van der Waals surface area contributed by atoms with Gasteiger partial charge in [0, 0.05) is 30.1 Å². The highest BCUT2D eigenvalue weighted by molar-refractivity contribution is 6.03. The molecule has 0 aliphatic heterocycles. The highest BCUT2D eigenvalue weighted by Gasteiger charge is 2.54. The summed E-state index contributed by atoms with van der Waals surface area (Å²) in [6.07, 6.45) is -6.69. The molecule has 4 rings (SSSR count). The average Bonchev–Trinajstić information content (AvgIpc) is 3.53. The molecule has 1 atom stereocenters. The van der Waals surface area contributed by atoms with Gasteiger partial charge >= 0.3 is 24.3 Å². The Morgan fingerprint density at radius 2 is 1.35 bits per heavy atom. The second-order valence-electron chi connectivity index (χ2n) is 15.5. The van der Waals surface area contributed by atoms with E-state index in [-0.39, 0.29) is 24.3 Å². The molecule has 0 unspecified atom stereocenters. The number of aromatic nitrogens is 2. The van der Waals surface area contributed by atoms with Crippen molar-refractivity contribution in [3.8, 4) is 5.69 Å². The van der Waals surface area contributed by atoms with Crippen LogP contribution in [0, 0.1) is 0 Å². The number of carbonyl (C=O) groups is 4. The fourth-order valence-electron chi connectivity index (χ4n) is 5.79. The Hall–Kier alpha value is -5.86. The number of nitrogens with zero attached hydrogens (tertiary/aromatic N) is 2. The maximum Gasteiger partial charge on any atom is 0.435 e. The molecule has 0 saturated heterocycles. The number of carbonyl (C=O) groups excluding carboxylic acids is 3. The lowest BCUT2D eigenvalue weighted by Crippen LogP contribution is -2.66. The number of anilines is 1. The van der Waals surface area contributed by atoms with Gasteiger partial charge < -0.3 is 30.5 Å². The van der Waals surface area contributed by atoms with E-state index in [2.05, 4.69) is 21.0 Å². The number of rotatable bonds is 11. The van der Waals surface area contributed by atoms with Crippen molar-refractivity contribution in [3.05, 3.63) is 113 Å². The van der Waals surface area contributed by atoms with Gasteiger partial charge in [0.1, 0.15) is 16.9 Å². The predicted octanol–water partition coefficient (Wildman–Crippen LogP) is 8.04. The van der Waals surface area contributed by atoms with Crippen LogP contribution in [0.4, 0.5) is 28.4 Å². The molecule has 1 aromatic heterocycles. The lowest BCUT2D eigenvalue weighted by atomic mass is 9.65. The van der Waals surface area contributed by atoms with Crippen molar-refractivity contribution in [1.82, 2.24) is 20.4 Å². The number of nitrogens with one attached hydrogen (secondary N) is 3. The van der Waals surface area contributed by atoms with E-state index in [1.54, 1.807) is 110 Å². The molecule has 0 aliphatic carbocycles. The van der Waals surface area contributed by atoms with Gasteiger partial charge in [0.2, 0.25) is 0 Å². The first-order chi connectivity index (χ1) is 25.4. The molecule has 12 nitrogen and oxygen atoms in total. The maximum atomic E-state index is 14.0. The van der Waals surface area contributed by atoms with Gasteiger partial charge in [-0.1, -0.05) is 68.4 Å². The number of alkyl halides is 3. The smallest absolute Gasteiger partial charge is 0.435 e. The zero-order chi connectivity index (χ0) is 41.0. The van der Waals surface area contributed by atoms with Gasteiger partial charge in [0.15, 0.2) is 11.2 Å². The Labute approximate surface area is 317 Å².